The molecular weight excluding hydrogens is 248 g/mol. The fraction of sp³-hybridized carbons (Fsp3) is 0.118. The number of rotatable bonds is 1. The minimum absolute atomic E-state index is 0.00557. The van der Waals surface area contributed by atoms with Crippen molar-refractivity contribution in [3.05, 3.63) is 59.3 Å². The molecule has 0 radical (unpaired) electrons. The van der Waals surface area contributed by atoms with Crippen LogP contribution < -0.4 is 0 Å². The first-order chi connectivity index (χ1) is 9.84. The van der Waals surface area contributed by atoms with Gasteiger partial charge in [-0.3, -0.25) is 14.8 Å². The van der Waals surface area contributed by atoms with E-state index in [0.29, 0.717) is 6.42 Å². The highest BCUT2D eigenvalue weighted by molar-refractivity contribution is 6.37. The van der Waals surface area contributed by atoms with Gasteiger partial charge in [0.2, 0.25) is 5.78 Å². The van der Waals surface area contributed by atoms with Crippen LogP contribution in [0.3, 0.4) is 0 Å². The lowest BCUT2D eigenvalue weighted by Crippen LogP contribution is -2.14. The maximum absolute atomic E-state index is 11.8. The van der Waals surface area contributed by atoms with Crippen LogP contribution in [0.5, 0.6) is 0 Å². The Labute approximate surface area is 116 Å². The predicted octanol–water partition coefficient (Wildman–Crippen LogP) is 3.26. The van der Waals surface area contributed by atoms with Gasteiger partial charge in [-0.2, -0.15) is 0 Å². The number of hydrogen-bond donors (Lipinski definition) is 0. The quantitative estimate of drug-likeness (QED) is 0.776. The van der Waals surface area contributed by atoms with E-state index in [1.807, 2.05) is 18.2 Å². The minimum Gasteiger partial charge on any atom is -0.288 e. The van der Waals surface area contributed by atoms with Gasteiger partial charge in [0.25, 0.3) is 0 Å². The van der Waals surface area contributed by atoms with E-state index < -0.39 is 0 Å². The van der Waals surface area contributed by atoms with Crippen molar-refractivity contribution in [2.24, 2.45) is 9.98 Å². The number of ketones is 1. The summed E-state index contributed by atoms with van der Waals surface area (Å²) < 4.78 is 0. The third-order valence-electron chi connectivity index (χ3n) is 3.85. The second-order valence-corrected chi connectivity index (χ2v) is 4.99. The van der Waals surface area contributed by atoms with Gasteiger partial charge in [-0.1, -0.05) is 42.5 Å². The Kier molecular flexibility index (Phi) is 2.39. The third-order valence-corrected chi connectivity index (χ3v) is 3.85. The van der Waals surface area contributed by atoms with Crippen LogP contribution in [0.2, 0.25) is 0 Å². The molecule has 2 heterocycles. The Hall–Kier alpha value is -2.55. The molecule has 3 heteroatoms. The normalized spacial score (nSPS) is 20.8. The molecule has 2 aromatic carbocycles. The molecule has 4 rings (SSSR count). The summed E-state index contributed by atoms with van der Waals surface area (Å²) in [4.78, 5) is 20.6. The summed E-state index contributed by atoms with van der Waals surface area (Å²) >= 11 is 0. The molecule has 96 valence electrons. The number of benzene rings is 2. The van der Waals surface area contributed by atoms with E-state index in [4.69, 9.17) is 0 Å². The molecule has 20 heavy (non-hydrogen) atoms. The van der Waals surface area contributed by atoms with Crippen molar-refractivity contribution in [3.8, 4) is 0 Å². The molecule has 0 fully saturated rings. The van der Waals surface area contributed by atoms with Crippen molar-refractivity contribution in [2.75, 3.05) is 0 Å². The molecule has 0 saturated heterocycles. The van der Waals surface area contributed by atoms with Crippen molar-refractivity contribution >= 4 is 29.0 Å². The number of allylic oxidation sites excluding steroid dienone is 1. The second kappa shape index (κ2) is 4.23. The number of Topliss-reactive ketones (excluding diaryl/α,β-unsaturated/α-hetero) is 1. The number of fused-ring (bicyclic) bond motifs is 1. The van der Waals surface area contributed by atoms with Crippen molar-refractivity contribution in [3.63, 3.8) is 0 Å². The summed E-state index contributed by atoms with van der Waals surface area (Å²) in [5.74, 6) is -0.00557. The first-order valence-electron chi connectivity index (χ1n) is 6.65. The van der Waals surface area contributed by atoms with E-state index in [2.05, 4.69) is 34.3 Å². The summed E-state index contributed by atoms with van der Waals surface area (Å²) in [6.45, 7) is 0. The first kappa shape index (κ1) is 11.3. The molecule has 0 aliphatic carbocycles. The molecule has 0 saturated carbocycles. The van der Waals surface area contributed by atoms with E-state index in [1.165, 1.54) is 17.0 Å². The van der Waals surface area contributed by atoms with Gasteiger partial charge >= 0.3 is 0 Å². The first-order valence-corrected chi connectivity index (χ1v) is 6.65. The molecule has 0 amide bonds. The van der Waals surface area contributed by atoms with Crippen LogP contribution >= 0.6 is 0 Å². The van der Waals surface area contributed by atoms with Gasteiger partial charge in [0, 0.05) is 18.2 Å². The van der Waals surface area contributed by atoms with Gasteiger partial charge in [-0.05, 0) is 16.3 Å². The average molecular weight is 260 g/mol. The zero-order chi connectivity index (χ0) is 13.5. The highest BCUT2D eigenvalue weighted by atomic mass is 16.1. The fourth-order valence-electron chi connectivity index (χ4n) is 2.89. The molecule has 0 bridgehead atoms. The Balaban J connectivity index is 1.94. The van der Waals surface area contributed by atoms with E-state index >= 15 is 0 Å². The Bertz CT molecular complexity index is 809. The summed E-state index contributed by atoms with van der Waals surface area (Å²) in [7, 11) is 0. The monoisotopic (exact) mass is 260 g/mol. The lowest BCUT2D eigenvalue weighted by molar-refractivity contribution is -0.109. The van der Waals surface area contributed by atoms with Crippen LogP contribution in [0.25, 0.3) is 10.8 Å². The molecule has 0 aromatic heterocycles. The third kappa shape index (κ3) is 1.56. The van der Waals surface area contributed by atoms with Crippen molar-refractivity contribution in [1.82, 2.24) is 0 Å². The van der Waals surface area contributed by atoms with Gasteiger partial charge in [0.1, 0.15) is 6.04 Å². The zero-order valence-corrected chi connectivity index (χ0v) is 10.8. The van der Waals surface area contributed by atoms with Gasteiger partial charge in [-0.15, -0.1) is 0 Å². The molecule has 2 aliphatic heterocycles. The highest BCUT2D eigenvalue weighted by Crippen LogP contribution is 2.38. The Morgan fingerprint density at radius 1 is 1.05 bits per heavy atom. The Morgan fingerprint density at radius 3 is 2.85 bits per heavy atom. The van der Waals surface area contributed by atoms with Crippen molar-refractivity contribution in [2.45, 2.75) is 12.5 Å². The summed E-state index contributed by atoms with van der Waals surface area (Å²) in [6, 6.07) is 14.3. The van der Waals surface area contributed by atoms with E-state index in [-0.39, 0.29) is 11.8 Å². The number of carbonyl (C=O) groups excluding carboxylic acids is 1. The van der Waals surface area contributed by atoms with E-state index in [9.17, 15) is 4.79 Å². The second-order valence-electron chi connectivity index (χ2n) is 4.99. The summed E-state index contributed by atoms with van der Waals surface area (Å²) in [5.41, 5.74) is 2.71. The number of nitrogens with zero attached hydrogens (tertiary/aromatic N) is 2. The standard InChI is InChI=1S/C17H12N2O/c20-15-10-19-16(17-14(15)8-9-18-17)13-7-3-5-11-4-1-2-6-12(11)13/h1-7,9-10,16H,8H2. The van der Waals surface area contributed by atoms with Crippen LogP contribution in [0.1, 0.15) is 18.0 Å². The van der Waals surface area contributed by atoms with Crippen molar-refractivity contribution < 1.29 is 4.79 Å². The van der Waals surface area contributed by atoms with Gasteiger partial charge in [-0.25, -0.2) is 0 Å². The summed E-state index contributed by atoms with van der Waals surface area (Å²) in [6.07, 6.45) is 3.87. The highest BCUT2D eigenvalue weighted by Gasteiger charge is 2.29. The largest absolute Gasteiger partial charge is 0.288 e. The van der Waals surface area contributed by atoms with Gasteiger partial charge in [0.05, 0.1) is 11.9 Å². The lowest BCUT2D eigenvalue weighted by atomic mass is 9.92. The van der Waals surface area contributed by atoms with E-state index in [0.717, 1.165) is 16.8 Å². The molecule has 1 unspecified atom stereocenters. The van der Waals surface area contributed by atoms with Gasteiger partial charge < -0.3 is 0 Å². The molecule has 2 aliphatic rings. The van der Waals surface area contributed by atoms with Crippen molar-refractivity contribution in [1.29, 1.82) is 0 Å². The van der Waals surface area contributed by atoms with Crippen LogP contribution in [-0.4, -0.2) is 18.2 Å². The smallest absolute Gasteiger partial charge is 0.201 e. The van der Waals surface area contributed by atoms with Crippen LogP contribution in [0.4, 0.5) is 0 Å². The number of aliphatic imine (C=N–C) groups is 2. The molecule has 0 N–H and O–H groups in total. The molecule has 3 nitrogen and oxygen atoms in total. The van der Waals surface area contributed by atoms with E-state index in [1.54, 1.807) is 6.21 Å². The van der Waals surface area contributed by atoms with Crippen LogP contribution in [-0.2, 0) is 4.79 Å². The topological polar surface area (TPSA) is 41.8 Å². The number of carbonyl (C=O) groups is 1. The molecule has 0 spiro atoms. The summed E-state index contributed by atoms with van der Waals surface area (Å²) in [5, 5.41) is 2.35. The molecular formula is C17H12N2O. The van der Waals surface area contributed by atoms with Gasteiger partial charge in [0.15, 0.2) is 0 Å². The molecule has 2 aromatic rings. The lowest BCUT2D eigenvalue weighted by Gasteiger charge is -2.19. The number of hydrogen-bond acceptors (Lipinski definition) is 3. The minimum atomic E-state index is -0.160. The predicted molar refractivity (Wildman–Crippen MR) is 80.3 cm³/mol. The maximum Gasteiger partial charge on any atom is 0.201 e. The fourth-order valence-corrected chi connectivity index (χ4v) is 2.89. The number of dihydropyridines is 1. The average Bonchev–Trinajstić information content (AvgIpc) is 2.98. The van der Waals surface area contributed by atoms with Crippen LogP contribution in [0.15, 0.2) is 63.7 Å². The van der Waals surface area contributed by atoms with Crippen LogP contribution in [0, 0.1) is 0 Å². The molecule has 1 atom stereocenters. The maximum atomic E-state index is 11.8. The SMILES string of the molecule is O=C1C=NC(c2cccc3ccccc23)C2=C1CC=N2. The Morgan fingerprint density at radius 2 is 1.90 bits per heavy atom. The zero-order valence-electron chi connectivity index (χ0n) is 10.8.